The third-order valence-electron chi connectivity index (χ3n) is 2.45. The number of rotatable bonds is 3. The van der Waals surface area contributed by atoms with Crippen LogP contribution in [0.25, 0.3) is 0 Å². The van der Waals surface area contributed by atoms with Crippen molar-refractivity contribution in [3.05, 3.63) is 0 Å². The zero-order valence-electron chi connectivity index (χ0n) is 8.99. The third kappa shape index (κ3) is 3.64. The fourth-order valence-electron chi connectivity index (χ4n) is 1.83. The number of carboxylic acid groups (broad SMARTS) is 1. The molecule has 0 saturated carbocycles. The van der Waals surface area contributed by atoms with Crippen molar-refractivity contribution in [1.29, 1.82) is 0 Å². The van der Waals surface area contributed by atoms with E-state index in [0.29, 0.717) is 19.0 Å². The molecule has 4 heteroatoms. The first-order valence-corrected chi connectivity index (χ1v) is 5.25. The zero-order valence-corrected chi connectivity index (χ0v) is 8.99. The number of nitrogens with zero attached hydrogens (tertiary/aromatic N) is 1. The summed E-state index contributed by atoms with van der Waals surface area (Å²) in [7, 11) is 0. The Kier molecular flexibility index (Phi) is 4.35. The summed E-state index contributed by atoms with van der Waals surface area (Å²) >= 11 is 0. The predicted octanol–water partition coefficient (Wildman–Crippen LogP) is 0.248. The second-order valence-corrected chi connectivity index (χ2v) is 4.39. The van der Waals surface area contributed by atoms with E-state index >= 15 is 0 Å². The van der Waals surface area contributed by atoms with Gasteiger partial charge in [0.15, 0.2) is 0 Å². The van der Waals surface area contributed by atoms with Crippen molar-refractivity contribution in [3.63, 3.8) is 0 Å². The molecule has 1 rings (SSSR count). The molecule has 1 unspecified atom stereocenters. The minimum Gasteiger partial charge on any atom is -0.481 e. The van der Waals surface area contributed by atoms with Gasteiger partial charge in [-0.05, 0) is 5.92 Å². The summed E-state index contributed by atoms with van der Waals surface area (Å²) < 4.78 is 0. The number of aliphatic carboxylic acids is 1. The van der Waals surface area contributed by atoms with Crippen LogP contribution in [0.4, 0.5) is 0 Å². The van der Waals surface area contributed by atoms with Crippen LogP contribution in [-0.4, -0.2) is 48.7 Å². The van der Waals surface area contributed by atoms with Crippen LogP contribution in [0.15, 0.2) is 0 Å². The van der Waals surface area contributed by atoms with Crippen LogP contribution in [0.5, 0.6) is 0 Å². The summed E-state index contributed by atoms with van der Waals surface area (Å²) in [5.41, 5.74) is 0. The van der Waals surface area contributed by atoms with Crippen LogP contribution in [0.2, 0.25) is 0 Å². The Morgan fingerprint density at radius 1 is 1.64 bits per heavy atom. The minimum absolute atomic E-state index is 0.253. The first kappa shape index (κ1) is 11.5. The van der Waals surface area contributed by atoms with Crippen molar-refractivity contribution in [3.8, 4) is 0 Å². The Morgan fingerprint density at radius 2 is 2.36 bits per heavy atom. The Morgan fingerprint density at radius 3 is 2.93 bits per heavy atom. The molecule has 0 bridgehead atoms. The van der Waals surface area contributed by atoms with Crippen molar-refractivity contribution in [2.24, 2.45) is 11.8 Å². The van der Waals surface area contributed by atoms with Gasteiger partial charge < -0.3 is 15.3 Å². The fourth-order valence-corrected chi connectivity index (χ4v) is 1.83. The van der Waals surface area contributed by atoms with Crippen LogP contribution >= 0.6 is 0 Å². The molecule has 0 aromatic rings. The van der Waals surface area contributed by atoms with Crippen molar-refractivity contribution >= 4 is 5.97 Å². The molecule has 1 saturated heterocycles. The second kappa shape index (κ2) is 5.32. The Hall–Kier alpha value is -0.610. The maximum Gasteiger partial charge on any atom is 0.309 e. The predicted molar refractivity (Wildman–Crippen MR) is 55.3 cm³/mol. The monoisotopic (exact) mass is 200 g/mol. The lowest BCUT2D eigenvalue weighted by atomic mass is 10.1. The molecule has 4 nitrogen and oxygen atoms in total. The highest BCUT2D eigenvalue weighted by Crippen LogP contribution is 2.06. The molecule has 0 aliphatic carbocycles. The number of hydrogen-bond acceptors (Lipinski definition) is 3. The van der Waals surface area contributed by atoms with E-state index in [9.17, 15) is 4.79 Å². The van der Waals surface area contributed by atoms with Gasteiger partial charge >= 0.3 is 5.97 Å². The number of hydrogen-bond donors (Lipinski definition) is 2. The molecule has 1 fully saturated rings. The third-order valence-corrected chi connectivity index (χ3v) is 2.45. The molecular formula is C10H20N2O2. The lowest BCUT2D eigenvalue weighted by Crippen LogP contribution is -2.35. The lowest BCUT2D eigenvalue weighted by Gasteiger charge is -2.23. The van der Waals surface area contributed by atoms with Crippen LogP contribution in [0, 0.1) is 11.8 Å². The summed E-state index contributed by atoms with van der Waals surface area (Å²) in [5, 5.41) is 12.1. The molecule has 0 radical (unpaired) electrons. The first-order chi connectivity index (χ1) is 6.59. The average molecular weight is 200 g/mol. The molecule has 0 amide bonds. The Bertz CT molecular complexity index is 195. The summed E-state index contributed by atoms with van der Waals surface area (Å²) in [5.74, 6) is -0.341. The van der Waals surface area contributed by atoms with Gasteiger partial charge in [-0.15, -0.1) is 0 Å². The minimum atomic E-state index is -0.687. The highest BCUT2D eigenvalue weighted by Gasteiger charge is 2.23. The van der Waals surface area contributed by atoms with E-state index in [-0.39, 0.29) is 5.92 Å². The van der Waals surface area contributed by atoms with Gasteiger partial charge in [-0.2, -0.15) is 0 Å². The summed E-state index contributed by atoms with van der Waals surface area (Å²) in [6.07, 6.45) is 0. The van der Waals surface area contributed by atoms with Crippen LogP contribution in [-0.2, 0) is 4.79 Å². The molecule has 14 heavy (non-hydrogen) atoms. The van der Waals surface area contributed by atoms with Crippen LogP contribution in [0.3, 0.4) is 0 Å². The average Bonchev–Trinajstić information content (AvgIpc) is 2.28. The second-order valence-electron chi connectivity index (χ2n) is 4.39. The van der Waals surface area contributed by atoms with E-state index < -0.39 is 5.97 Å². The smallest absolute Gasteiger partial charge is 0.309 e. The molecule has 0 aromatic heterocycles. The van der Waals surface area contributed by atoms with Crippen molar-refractivity contribution in [2.75, 3.05) is 32.7 Å². The van der Waals surface area contributed by atoms with Gasteiger partial charge in [0.2, 0.25) is 0 Å². The summed E-state index contributed by atoms with van der Waals surface area (Å²) in [6.45, 7) is 8.45. The normalized spacial score (nSPS) is 24.9. The molecule has 1 atom stereocenters. The molecule has 0 spiro atoms. The molecule has 82 valence electrons. The highest BCUT2D eigenvalue weighted by atomic mass is 16.4. The standard InChI is InChI=1S/C10H20N2O2/c1-8(2)6-12-4-3-11-5-9(7-12)10(13)14/h8-9,11H,3-7H2,1-2H3,(H,13,14). The maximum absolute atomic E-state index is 10.9. The van der Waals surface area contributed by atoms with Crippen LogP contribution in [0.1, 0.15) is 13.8 Å². The molecule has 2 N–H and O–H groups in total. The van der Waals surface area contributed by atoms with Crippen LogP contribution < -0.4 is 5.32 Å². The van der Waals surface area contributed by atoms with E-state index in [0.717, 1.165) is 19.6 Å². The zero-order chi connectivity index (χ0) is 10.6. The SMILES string of the molecule is CC(C)CN1CCNCC(C(=O)O)C1. The molecule has 1 aliphatic rings. The Labute approximate surface area is 85.3 Å². The van der Waals surface area contributed by atoms with Gasteiger partial charge in [-0.3, -0.25) is 4.79 Å². The molecular weight excluding hydrogens is 180 g/mol. The summed E-state index contributed by atoms with van der Waals surface area (Å²) in [4.78, 5) is 13.1. The molecule has 1 aliphatic heterocycles. The van der Waals surface area contributed by atoms with E-state index in [4.69, 9.17) is 5.11 Å². The highest BCUT2D eigenvalue weighted by molar-refractivity contribution is 5.70. The van der Waals surface area contributed by atoms with Crippen molar-refractivity contribution in [2.45, 2.75) is 13.8 Å². The summed E-state index contributed by atoms with van der Waals surface area (Å²) in [6, 6.07) is 0. The van der Waals surface area contributed by atoms with Gasteiger partial charge in [-0.1, -0.05) is 13.8 Å². The Balaban J connectivity index is 2.47. The van der Waals surface area contributed by atoms with Gasteiger partial charge in [0.05, 0.1) is 5.92 Å². The van der Waals surface area contributed by atoms with Gasteiger partial charge in [0.1, 0.15) is 0 Å². The maximum atomic E-state index is 10.9. The topological polar surface area (TPSA) is 52.6 Å². The van der Waals surface area contributed by atoms with E-state index in [1.165, 1.54) is 0 Å². The van der Waals surface area contributed by atoms with Gasteiger partial charge in [0.25, 0.3) is 0 Å². The number of carboxylic acids is 1. The largest absolute Gasteiger partial charge is 0.481 e. The van der Waals surface area contributed by atoms with Gasteiger partial charge in [-0.25, -0.2) is 0 Å². The lowest BCUT2D eigenvalue weighted by molar-refractivity contribution is -0.142. The van der Waals surface area contributed by atoms with Gasteiger partial charge in [0, 0.05) is 32.7 Å². The number of carbonyl (C=O) groups is 1. The quantitative estimate of drug-likeness (QED) is 0.685. The molecule has 0 aromatic carbocycles. The first-order valence-electron chi connectivity index (χ1n) is 5.25. The van der Waals surface area contributed by atoms with E-state index in [1.807, 2.05) is 0 Å². The van der Waals surface area contributed by atoms with Crippen molar-refractivity contribution < 1.29 is 9.90 Å². The fraction of sp³-hybridized carbons (Fsp3) is 0.900. The number of nitrogens with one attached hydrogen (secondary N) is 1. The van der Waals surface area contributed by atoms with E-state index in [1.54, 1.807) is 0 Å². The molecule has 1 heterocycles. The van der Waals surface area contributed by atoms with E-state index in [2.05, 4.69) is 24.1 Å². The van der Waals surface area contributed by atoms with Crippen molar-refractivity contribution in [1.82, 2.24) is 10.2 Å².